The first-order valence-corrected chi connectivity index (χ1v) is 9.08. The van der Waals surface area contributed by atoms with Gasteiger partial charge in [0.15, 0.2) is 0 Å². The molecule has 1 saturated heterocycles. The maximum Gasteiger partial charge on any atom is 0.236 e. The number of anilines is 1. The number of aryl methyl sites for hydroxylation is 1. The Balaban J connectivity index is 1.48. The second-order valence-electron chi connectivity index (χ2n) is 6.96. The zero-order valence-electron chi connectivity index (χ0n) is 15.6. The van der Waals surface area contributed by atoms with Gasteiger partial charge in [-0.25, -0.2) is 0 Å². The van der Waals surface area contributed by atoms with Crippen molar-refractivity contribution in [3.63, 3.8) is 0 Å². The summed E-state index contributed by atoms with van der Waals surface area (Å²) in [4.78, 5) is 18.9. The molecule has 1 fully saturated rings. The highest BCUT2D eigenvalue weighted by Crippen LogP contribution is 2.19. The van der Waals surface area contributed by atoms with Gasteiger partial charge in [0.25, 0.3) is 0 Å². The van der Waals surface area contributed by atoms with Crippen molar-refractivity contribution in [2.24, 2.45) is 0 Å². The van der Waals surface area contributed by atoms with Gasteiger partial charge in [-0.05, 0) is 42.3 Å². The number of nitrogens with zero attached hydrogens (tertiary/aromatic N) is 3. The Bertz CT molecular complexity index is 737. The zero-order chi connectivity index (χ0) is 18.5. The van der Waals surface area contributed by atoms with Crippen molar-refractivity contribution in [1.82, 2.24) is 9.80 Å². The maximum absolute atomic E-state index is 12.6. The van der Waals surface area contributed by atoms with Gasteiger partial charge < -0.3 is 14.9 Å². The van der Waals surface area contributed by atoms with Crippen molar-refractivity contribution in [3.8, 4) is 5.75 Å². The molecule has 2 aromatic rings. The fourth-order valence-corrected chi connectivity index (χ4v) is 3.27. The summed E-state index contributed by atoms with van der Waals surface area (Å²) in [6.07, 6.45) is 0. The molecule has 0 aliphatic carbocycles. The van der Waals surface area contributed by atoms with Gasteiger partial charge in [0.1, 0.15) is 5.75 Å². The van der Waals surface area contributed by atoms with Crippen molar-refractivity contribution >= 4 is 11.6 Å². The van der Waals surface area contributed by atoms with Crippen LogP contribution in [0.1, 0.15) is 11.1 Å². The van der Waals surface area contributed by atoms with Crippen molar-refractivity contribution < 1.29 is 9.90 Å². The molecule has 0 bridgehead atoms. The number of aromatic hydroxyl groups is 1. The highest BCUT2D eigenvalue weighted by Gasteiger charge is 2.21. The van der Waals surface area contributed by atoms with E-state index in [0.717, 1.165) is 31.9 Å². The number of benzene rings is 2. The molecule has 1 heterocycles. The topological polar surface area (TPSA) is 47.0 Å². The molecule has 0 unspecified atom stereocenters. The Hall–Kier alpha value is -2.53. The van der Waals surface area contributed by atoms with Crippen LogP contribution in [0, 0.1) is 6.92 Å². The number of phenolic OH excluding ortho intramolecular Hbond substituents is 1. The summed E-state index contributed by atoms with van der Waals surface area (Å²) in [5, 5.41) is 9.40. The molecule has 26 heavy (non-hydrogen) atoms. The molecule has 1 amide bonds. The molecule has 0 aromatic heterocycles. The van der Waals surface area contributed by atoms with Crippen LogP contribution in [-0.2, 0) is 11.3 Å². The number of phenols is 1. The minimum atomic E-state index is 0.159. The summed E-state index contributed by atoms with van der Waals surface area (Å²) in [6, 6.07) is 15.5. The standard InChI is InChI=1S/C21H27N3O2/c1-17-5-3-4-6-18(17)15-22(2)21(26)16-23-11-13-24(14-12-23)19-7-9-20(25)10-8-19/h3-10,25H,11-16H2,1-2H3. The molecule has 5 heteroatoms. The lowest BCUT2D eigenvalue weighted by Crippen LogP contribution is -2.49. The molecule has 5 nitrogen and oxygen atoms in total. The van der Waals surface area contributed by atoms with Gasteiger partial charge in [0.05, 0.1) is 6.54 Å². The van der Waals surface area contributed by atoms with E-state index in [0.29, 0.717) is 13.1 Å². The van der Waals surface area contributed by atoms with E-state index in [9.17, 15) is 9.90 Å². The van der Waals surface area contributed by atoms with E-state index < -0.39 is 0 Å². The second kappa shape index (κ2) is 8.23. The normalized spacial score (nSPS) is 15.1. The first-order chi connectivity index (χ1) is 12.5. The average molecular weight is 353 g/mol. The summed E-state index contributed by atoms with van der Waals surface area (Å²) in [6.45, 7) is 6.70. The van der Waals surface area contributed by atoms with Crippen LogP contribution in [0.5, 0.6) is 5.75 Å². The fraction of sp³-hybridized carbons (Fsp3) is 0.381. The average Bonchev–Trinajstić information content (AvgIpc) is 2.65. The smallest absolute Gasteiger partial charge is 0.236 e. The van der Waals surface area contributed by atoms with Crippen LogP contribution < -0.4 is 4.90 Å². The van der Waals surface area contributed by atoms with Crippen molar-refractivity contribution in [3.05, 3.63) is 59.7 Å². The van der Waals surface area contributed by atoms with E-state index in [4.69, 9.17) is 0 Å². The van der Waals surface area contributed by atoms with E-state index in [-0.39, 0.29) is 11.7 Å². The van der Waals surface area contributed by atoms with E-state index in [1.54, 1.807) is 12.1 Å². The van der Waals surface area contributed by atoms with E-state index in [1.807, 2.05) is 36.2 Å². The predicted molar refractivity (Wildman–Crippen MR) is 104 cm³/mol. The molecular weight excluding hydrogens is 326 g/mol. The lowest BCUT2D eigenvalue weighted by atomic mass is 10.1. The summed E-state index contributed by atoms with van der Waals surface area (Å²) >= 11 is 0. The van der Waals surface area contributed by atoms with Crippen LogP contribution in [0.2, 0.25) is 0 Å². The molecule has 1 aliphatic heterocycles. The molecule has 1 aliphatic rings. The van der Waals surface area contributed by atoms with Gasteiger partial charge in [-0.15, -0.1) is 0 Å². The van der Waals surface area contributed by atoms with Crippen LogP contribution in [0.15, 0.2) is 48.5 Å². The SMILES string of the molecule is Cc1ccccc1CN(C)C(=O)CN1CCN(c2ccc(O)cc2)CC1. The number of rotatable bonds is 5. The predicted octanol–water partition coefficient (Wildman–Crippen LogP) is 2.48. The number of carbonyl (C=O) groups excluding carboxylic acids is 1. The number of carbonyl (C=O) groups is 1. The molecule has 0 spiro atoms. The Morgan fingerprint density at radius 1 is 1.04 bits per heavy atom. The third kappa shape index (κ3) is 4.55. The second-order valence-corrected chi connectivity index (χ2v) is 6.96. The van der Waals surface area contributed by atoms with Crippen LogP contribution in [0.3, 0.4) is 0 Å². The minimum absolute atomic E-state index is 0.159. The summed E-state index contributed by atoms with van der Waals surface area (Å²) in [7, 11) is 1.88. The summed E-state index contributed by atoms with van der Waals surface area (Å²) in [5.41, 5.74) is 3.53. The Kier molecular flexibility index (Phi) is 5.78. The minimum Gasteiger partial charge on any atom is -0.508 e. The monoisotopic (exact) mass is 353 g/mol. The number of amides is 1. The molecule has 3 rings (SSSR count). The first-order valence-electron chi connectivity index (χ1n) is 9.08. The van der Waals surface area contributed by atoms with Crippen LogP contribution in [0.4, 0.5) is 5.69 Å². The molecular formula is C21H27N3O2. The lowest BCUT2D eigenvalue weighted by molar-refractivity contribution is -0.131. The van der Waals surface area contributed by atoms with Crippen LogP contribution in [-0.4, -0.2) is 60.6 Å². The maximum atomic E-state index is 12.6. The van der Waals surface area contributed by atoms with Gasteiger partial charge in [0.2, 0.25) is 5.91 Å². The zero-order valence-corrected chi connectivity index (χ0v) is 15.6. The van der Waals surface area contributed by atoms with Crippen molar-refractivity contribution in [2.45, 2.75) is 13.5 Å². The fourth-order valence-electron chi connectivity index (χ4n) is 3.27. The molecule has 0 radical (unpaired) electrons. The Morgan fingerprint density at radius 2 is 1.69 bits per heavy atom. The molecule has 1 N–H and O–H groups in total. The highest BCUT2D eigenvalue weighted by atomic mass is 16.3. The van der Waals surface area contributed by atoms with Gasteiger partial charge in [0, 0.05) is 45.5 Å². The van der Waals surface area contributed by atoms with Crippen molar-refractivity contribution in [1.29, 1.82) is 0 Å². The van der Waals surface area contributed by atoms with Crippen molar-refractivity contribution in [2.75, 3.05) is 44.7 Å². The third-order valence-corrected chi connectivity index (χ3v) is 5.04. The lowest BCUT2D eigenvalue weighted by Gasteiger charge is -2.36. The Labute approximate surface area is 155 Å². The van der Waals surface area contributed by atoms with Gasteiger partial charge >= 0.3 is 0 Å². The van der Waals surface area contributed by atoms with E-state index in [1.165, 1.54) is 11.1 Å². The van der Waals surface area contributed by atoms with Gasteiger partial charge in [-0.1, -0.05) is 24.3 Å². The van der Waals surface area contributed by atoms with Crippen LogP contribution in [0.25, 0.3) is 0 Å². The number of hydrogen-bond acceptors (Lipinski definition) is 4. The third-order valence-electron chi connectivity index (χ3n) is 5.04. The largest absolute Gasteiger partial charge is 0.508 e. The number of piperazine rings is 1. The summed E-state index contributed by atoms with van der Waals surface area (Å²) in [5.74, 6) is 0.445. The first kappa shape index (κ1) is 18.3. The molecule has 0 atom stereocenters. The highest BCUT2D eigenvalue weighted by molar-refractivity contribution is 5.78. The number of hydrogen-bond donors (Lipinski definition) is 1. The van der Waals surface area contributed by atoms with Gasteiger partial charge in [-0.2, -0.15) is 0 Å². The van der Waals surface area contributed by atoms with Gasteiger partial charge in [-0.3, -0.25) is 9.69 Å². The van der Waals surface area contributed by atoms with Crippen LogP contribution >= 0.6 is 0 Å². The summed E-state index contributed by atoms with van der Waals surface area (Å²) < 4.78 is 0. The number of likely N-dealkylation sites (N-methyl/N-ethyl adjacent to an activating group) is 1. The molecule has 2 aromatic carbocycles. The van der Waals surface area contributed by atoms with E-state index in [2.05, 4.69) is 28.9 Å². The molecule has 0 saturated carbocycles. The quantitative estimate of drug-likeness (QED) is 0.897. The van der Waals surface area contributed by atoms with E-state index >= 15 is 0 Å². The Morgan fingerprint density at radius 3 is 2.35 bits per heavy atom. The molecule has 138 valence electrons.